The SMILES string of the molecule is Cc1ccc(C)c(C(N)c2cc(F)ccc2C)c1. The zero-order valence-corrected chi connectivity index (χ0v) is 11.0. The van der Waals surface area contributed by atoms with Crippen LogP contribution in [0.1, 0.15) is 33.9 Å². The first kappa shape index (κ1) is 12.8. The van der Waals surface area contributed by atoms with E-state index in [1.165, 1.54) is 17.7 Å². The van der Waals surface area contributed by atoms with E-state index in [4.69, 9.17) is 5.73 Å². The first-order chi connectivity index (χ1) is 8.49. The van der Waals surface area contributed by atoms with Crippen LogP contribution < -0.4 is 5.73 Å². The third-order valence-electron chi connectivity index (χ3n) is 3.35. The second-order valence-corrected chi connectivity index (χ2v) is 4.84. The first-order valence-corrected chi connectivity index (χ1v) is 6.08. The van der Waals surface area contributed by atoms with Gasteiger partial charge in [-0.25, -0.2) is 4.39 Å². The summed E-state index contributed by atoms with van der Waals surface area (Å²) in [6.07, 6.45) is 0. The third kappa shape index (κ3) is 2.44. The summed E-state index contributed by atoms with van der Waals surface area (Å²) in [5.74, 6) is -0.239. The van der Waals surface area contributed by atoms with Crippen LogP contribution in [-0.4, -0.2) is 0 Å². The van der Waals surface area contributed by atoms with Crippen LogP contribution in [0.25, 0.3) is 0 Å². The highest BCUT2D eigenvalue weighted by molar-refractivity contribution is 5.41. The zero-order chi connectivity index (χ0) is 13.3. The molecule has 2 rings (SSSR count). The molecule has 0 aliphatic heterocycles. The van der Waals surface area contributed by atoms with Crippen LogP contribution in [0.5, 0.6) is 0 Å². The van der Waals surface area contributed by atoms with Crippen LogP contribution in [0.15, 0.2) is 36.4 Å². The normalized spacial score (nSPS) is 12.5. The van der Waals surface area contributed by atoms with E-state index in [0.29, 0.717) is 0 Å². The van der Waals surface area contributed by atoms with Crippen LogP contribution in [0, 0.1) is 26.6 Å². The van der Waals surface area contributed by atoms with Crippen LogP contribution in [0.2, 0.25) is 0 Å². The van der Waals surface area contributed by atoms with Crippen LogP contribution in [0.3, 0.4) is 0 Å². The highest BCUT2D eigenvalue weighted by Gasteiger charge is 2.14. The molecule has 1 atom stereocenters. The third-order valence-corrected chi connectivity index (χ3v) is 3.35. The highest BCUT2D eigenvalue weighted by atomic mass is 19.1. The van der Waals surface area contributed by atoms with Gasteiger partial charge in [-0.2, -0.15) is 0 Å². The van der Waals surface area contributed by atoms with Crippen molar-refractivity contribution in [2.45, 2.75) is 26.8 Å². The Morgan fingerprint density at radius 3 is 2.11 bits per heavy atom. The molecule has 0 radical (unpaired) electrons. The summed E-state index contributed by atoms with van der Waals surface area (Å²) in [4.78, 5) is 0. The smallest absolute Gasteiger partial charge is 0.123 e. The first-order valence-electron chi connectivity index (χ1n) is 6.08. The lowest BCUT2D eigenvalue weighted by Gasteiger charge is -2.18. The molecule has 2 heteroatoms. The zero-order valence-electron chi connectivity index (χ0n) is 11.0. The van der Waals surface area contributed by atoms with E-state index < -0.39 is 0 Å². The topological polar surface area (TPSA) is 26.0 Å². The van der Waals surface area contributed by atoms with Gasteiger partial charge in [0.2, 0.25) is 0 Å². The summed E-state index contributed by atoms with van der Waals surface area (Å²) in [7, 11) is 0. The van der Waals surface area contributed by atoms with Gasteiger partial charge in [0.25, 0.3) is 0 Å². The Labute approximate surface area is 107 Å². The standard InChI is InChI=1S/C16H18FN/c1-10-4-5-11(2)14(8-10)16(18)15-9-13(17)7-6-12(15)3/h4-9,16H,18H2,1-3H3. The molecule has 0 amide bonds. The number of halogens is 1. The minimum atomic E-state index is -0.277. The maximum atomic E-state index is 13.3. The molecule has 2 N–H and O–H groups in total. The Hall–Kier alpha value is -1.67. The van der Waals surface area contributed by atoms with Gasteiger partial charge in [-0.1, -0.05) is 29.8 Å². The summed E-state index contributed by atoms with van der Waals surface area (Å²) in [6.45, 7) is 6.02. The van der Waals surface area contributed by atoms with E-state index in [1.807, 2.05) is 20.8 Å². The predicted molar refractivity (Wildman–Crippen MR) is 73.1 cm³/mol. The Kier molecular flexibility index (Phi) is 3.48. The Morgan fingerprint density at radius 2 is 1.44 bits per heavy atom. The van der Waals surface area contributed by atoms with Crippen LogP contribution in [-0.2, 0) is 0 Å². The van der Waals surface area contributed by atoms with E-state index in [0.717, 1.165) is 22.3 Å². The van der Waals surface area contributed by atoms with Gasteiger partial charge in [-0.15, -0.1) is 0 Å². The number of aryl methyl sites for hydroxylation is 3. The summed E-state index contributed by atoms with van der Waals surface area (Å²) in [5.41, 5.74) is 11.5. The monoisotopic (exact) mass is 243 g/mol. The van der Waals surface area contributed by atoms with Crippen LogP contribution in [0.4, 0.5) is 4.39 Å². The molecule has 0 fully saturated rings. The molecular formula is C16H18FN. The molecule has 0 saturated heterocycles. The predicted octanol–water partition coefficient (Wildman–Crippen LogP) is 3.80. The van der Waals surface area contributed by atoms with Crippen molar-refractivity contribution < 1.29 is 4.39 Å². The quantitative estimate of drug-likeness (QED) is 0.853. The van der Waals surface area contributed by atoms with Crippen molar-refractivity contribution in [2.75, 3.05) is 0 Å². The summed E-state index contributed by atoms with van der Waals surface area (Å²) in [6, 6.07) is 10.7. The van der Waals surface area contributed by atoms with Crippen molar-refractivity contribution in [1.82, 2.24) is 0 Å². The number of hydrogen-bond donors (Lipinski definition) is 1. The lowest BCUT2D eigenvalue weighted by Crippen LogP contribution is -2.15. The number of hydrogen-bond acceptors (Lipinski definition) is 1. The van der Waals surface area contributed by atoms with Crippen molar-refractivity contribution in [3.8, 4) is 0 Å². The van der Waals surface area contributed by atoms with Crippen molar-refractivity contribution in [3.05, 3.63) is 70.0 Å². The van der Waals surface area contributed by atoms with Crippen molar-refractivity contribution >= 4 is 0 Å². The van der Waals surface area contributed by atoms with Gasteiger partial charge in [-0.3, -0.25) is 0 Å². The maximum absolute atomic E-state index is 13.3. The van der Waals surface area contributed by atoms with E-state index in [2.05, 4.69) is 18.2 Å². The lowest BCUT2D eigenvalue weighted by atomic mass is 9.92. The fourth-order valence-corrected chi connectivity index (χ4v) is 2.21. The van der Waals surface area contributed by atoms with Crippen molar-refractivity contribution in [1.29, 1.82) is 0 Å². The Balaban J connectivity index is 2.50. The molecule has 2 aromatic carbocycles. The molecule has 2 aromatic rings. The largest absolute Gasteiger partial charge is 0.320 e. The van der Waals surface area contributed by atoms with Gasteiger partial charge in [-0.05, 0) is 55.2 Å². The van der Waals surface area contributed by atoms with Gasteiger partial charge in [0.15, 0.2) is 0 Å². The van der Waals surface area contributed by atoms with Gasteiger partial charge < -0.3 is 5.73 Å². The number of benzene rings is 2. The lowest BCUT2D eigenvalue weighted by molar-refractivity contribution is 0.622. The molecular weight excluding hydrogens is 225 g/mol. The van der Waals surface area contributed by atoms with Crippen molar-refractivity contribution in [3.63, 3.8) is 0 Å². The summed E-state index contributed by atoms with van der Waals surface area (Å²) in [5, 5.41) is 0. The molecule has 0 spiro atoms. The minimum Gasteiger partial charge on any atom is -0.320 e. The fraction of sp³-hybridized carbons (Fsp3) is 0.250. The summed E-state index contributed by atoms with van der Waals surface area (Å²) < 4.78 is 13.3. The summed E-state index contributed by atoms with van der Waals surface area (Å²) >= 11 is 0. The molecule has 0 heterocycles. The molecule has 18 heavy (non-hydrogen) atoms. The maximum Gasteiger partial charge on any atom is 0.123 e. The Bertz CT molecular complexity index is 524. The molecule has 1 nitrogen and oxygen atoms in total. The second kappa shape index (κ2) is 4.91. The molecule has 1 unspecified atom stereocenters. The van der Waals surface area contributed by atoms with Crippen molar-refractivity contribution in [2.24, 2.45) is 5.73 Å². The molecule has 0 aliphatic carbocycles. The average molecular weight is 243 g/mol. The second-order valence-electron chi connectivity index (χ2n) is 4.84. The fourth-order valence-electron chi connectivity index (χ4n) is 2.21. The number of nitrogens with two attached hydrogens (primary N) is 1. The highest BCUT2D eigenvalue weighted by Crippen LogP contribution is 2.26. The van der Waals surface area contributed by atoms with E-state index >= 15 is 0 Å². The molecule has 0 saturated carbocycles. The van der Waals surface area contributed by atoms with E-state index in [9.17, 15) is 4.39 Å². The van der Waals surface area contributed by atoms with Gasteiger partial charge >= 0.3 is 0 Å². The minimum absolute atomic E-state index is 0.239. The molecule has 94 valence electrons. The number of rotatable bonds is 2. The van der Waals surface area contributed by atoms with E-state index in [1.54, 1.807) is 6.07 Å². The molecule has 0 aliphatic rings. The average Bonchev–Trinajstić information content (AvgIpc) is 2.34. The Morgan fingerprint density at radius 1 is 0.889 bits per heavy atom. The molecule has 0 bridgehead atoms. The molecule has 0 aromatic heterocycles. The van der Waals surface area contributed by atoms with Crippen LogP contribution >= 0.6 is 0 Å². The van der Waals surface area contributed by atoms with E-state index in [-0.39, 0.29) is 11.9 Å². The van der Waals surface area contributed by atoms with Gasteiger partial charge in [0, 0.05) is 0 Å². The van der Waals surface area contributed by atoms with Gasteiger partial charge in [0.1, 0.15) is 5.82 Å². The van der Waals surface area contributed by atoms with Gasteiger partial charge in [0.05, 0.1) is 6.04 Å².